The summed E-state index contributed by atoms with van der Waals surface area (Å²) in [6, 6.07) is 7.03. The lowest BCUT2D eigenvalue weighted by atomic mass is 10.0. The predicted octanol–water partition coefficient (Wildman–Crippen LogP) is 1.95. The van der Waals surface area contributed by atoms with E-state index in [0.717, 1.165) is 31.7 Å². The molecule has 0 radical (unpaired) electrons. The number of halogens is 1. The van der Waals surface area contributed by atoms with Crippen LogP contribution in [0.25, 0.3) is 0 Å². The Morgan fingerprint density at radius 2 is 1.94 bits per heavy atom. The first-order valence-corrected chi connectivity index (χ1v) is 6.20. The normalized spacial score (nSPS) is 19.4. The second kappa shape index (κ2) is 5.47. The van der Waals surface area contributed by atoms with Crippen LogP contribution in [0, 0.1) is 24.1 Å². The molecule has 1 aromatic rings. The average molecular weight is 247 g/mol. The van der Waals surface area contributed by atoms with E-state index in [4.69, 9.17) is 0 Å². The molecule has 1 saturated heterocycles. The lowest BCUT2D eigenvalue weighted by molar-refractivity contribution is 0.132. The van der Waals surface area contributed by atoms with Gasteiger partial charge in [0.05, 0.1) is 6.07 Å². The Kier molecular flexibility index (Phi) is 3.95. The van der Waals surface area contributed by atoms with E-state index < -0.39 is 0 Å². The number of piperazine rings is 1. The number of rotatable bonds is 2. The number of nitriles is 1. The molecule has 18 heavy (non-hydrogen) atoms. The smallest absolute Gasteiger partial charge is 0.126 e. The number of benzene rings is 1. The van der Waals surface area contributed by atoms with E-state index in [0.29, 0.717) is 5.56 Å². The molecule has 0 spiro atoms. The van der Waals surface area contributed by atoms with Gasteiger partial charge in [0, 0.05) is 26.2 Å². The highest BCUT2D eigenvalue weighted by molar-refractivity contribution is 5.29. The summed E-state index contributed by atoms with van der Waals surface area (Å²) < 4.78 is 13.6. The first-order chi connectivity index (χ1) is 8.61. The van der Waals surface area contributed by atoms with Crippen molar-refractivity contribution in [1.29, 1.82) is 5.26 Å². The maximum Gasteiger partial charge on any atom is 0.126 e. The lowest BCUT2D eigenvalue weighted by Gasteiger charge is -2.35. The van der Waals surface area contributed by atoms with Crippen molar-refractivity contribution < 1.29 is 4.39 Å². The first kappa shape index (κ1) is 13.0. The van der Waals surface area contributed by atoms with Crippen LogP contribution < -0.4 is 0 Å². The molecule has 0 amide bonds. The molecule has 1 fully saturated rings. The minimum Gasteiger partial charge on any atom is -0.304 e. The molecule has 96 valence electrons. The Hall–Kier alpha value is -1.44. The molecule has 1 aliphatic rings. The Morgan fingerprint density at radius 3 is 2.50 bits per heavy atom. The van der Waals surface area contributed by atoms with Crippen molar-refractivity contribution >= 4 is 0 Å². The Bertz CT molecular complexity index is 459. The van der Waals surface area contributed by atoms with Gasteiger partial charge in [-0.2, -0.15) is 5.26 Å². The van der Waals surface area contributed by atoms with E-state index >= 15 is 0 Å². The minimum absolute atomic E-state index is 0.234. The largest absolute Gasteiger partial charge is 0.304 e. The maximum absolute atomic E-state index is 13.6. The van der Waals surface area contributed by atoms with Gasteiger partial charge in [-0.15, -0.1) is 0 Å². The predicted molar refractivity (Wildman–Crippen MR) is 68.6 cm³/mol. The summed E-state index contributed by atoms with van der Waals surface area (Å²) >= 11 is 0. The van der Waals surface area contributed by atoms with Crippen LogP contribution in [0.4, 0.5) is 4.39 Å². The molecule has 3 nitrogen and oxygen atoms in total. The number of nitrogens with zero attached hydrogens (tertiary/aromatic N) is 3. The number of likely N-dealkylation sites (N-methyl/N-ethyl adjacent to an activating group) is 1. The van der Waals surface area contributed by atoms with E-state index in [1.54, 1.807) is 13.0 Å². The topological polar surface area (TPSA) is 30.3 Å². The fourth-order valence-electron chi connectivity index (χ4n) is 2.23. The SMILES string of the molecule is Cc1ccc(C(C#N)N2CCN(C)CC2)cc1F. The van der Waals surface area contributed by atoms with Gasteiger partial charge in [-0.25, -0.2) is 4.39 Å². The second-order valence-electron chi connectivity index (χ2n) is 4.88. The summed E-state index contributed by atoms with van der Waals surface area (Å²) in [5.41, 5.74) is 1.37. The van der Waals surface area contributed by atoms with E-state index in [-0.39, 0.29) is 11.9 Å². The molecular formula is C14H18FN3. The zero-order chi connectivity index (χ0) is 13.1. The van der Waals surface area contributed by atoms with Crippen molar-refractivity contribution in [2.75, 3.05) is 33.2 Å². The molecule has 0 aromatic heterocycles. The van der Waals surface area contributed by atoms with Gasteiger partial charge in [-0.1, -0.05) is 12.1 Å². The minimum atomic E-state index is -0.339. The molecule has 1 unspecified atom stereocenters. The van der Waals surface area contributed by atoms with Crippen LogP contribution in [0.3, 0.4) is 0 Å². The van der Waals surface area contributed by atoms with Crippen LogP contribution in [0.15, 0.2) is 18.2 Å². The molecule has 0 saturated carbocycles. The molecule has 0 N–H and O–H groups in total. The third-order valence-electron chi connectivity index (χ3n) is 3.54. The van der Waals surface area contributed by atoms with Crippen LogP contribution in [-0.2, 0) is 0 Å². The fourth-order valence-corrected chi connectivity index (χ4v) is 2.23. The van der Waals surface area contributed by atoms with Gasteiger partial charge in [0.15, 0.2) is 0 Å². The molecule has 1 aromatic carbocycles. The summed E-state index contributed by atoms with van der Waals surface area (Å²) in [6.45, 7) is 5.34. The maximum atomic E-state index is 13.6. The highest BCUT2D eigenvalue weighted by Gasteiger charge is 2.23. The van der Waals surface area contributed by atoms with E-state index in [2.05, 4.69) is 22.9 Å². The molecular weight excluding hydrogens is 229 g/mol. The molecule has 1 atom stereocenters. The van der Waals surface area contributed by atoms with Gasteiger partial charge in [0.2, 0.25) is 0 Å². The van der Waals surface area contributed by atoms with Crippen molar-refractivity contribution in [3.8, 4) is 6.07 Å². The van der Waals surface area contributed by atoms with Crippen molar-refractivity contribution in [2.24, 2.45) is 0 Å². The lowest BCUT2D eigenvalue weighted by Crippen LogP contribution is -2.45. The number of aryl methyl sites for hydroxylation is 1. The van der Waals surface area contributed by atoms with Crippen molar-refractivity contribution in [1.82, 2.24) is 9.80 Å². The summed E-state index contributed by atoms with van der Waals surface area (Å²) in [6.07, 6.45) is 0. The van der Waals surface area contributed by atoms with E-state index in [9.17, 15) is 9.65 Å². The Labute approximate surface area is 107 Å². The van der Waals surface area contributed by atoms with Gasteiger partial charge < -0.3 is 4.90 Å². The monoisotopic (exact) mass is 247 g/mol. The quantitative estimate of drug-likeness (QED) is 0.800. The second-order valence-corrected chi connectivity index (χ2v) is 4.88. The van der Waals surface area contributed by atoms with Crippen molar-refractivity contribution in [3.63, 3.8) is 0 Å². The standard InChI is InChI=1S/C14H18FN3/c1-11-3-4-12(9-13(11)15)14(10-16)18-7-5-17(2)6-8-18/h3-4,9,14H,5-8H2,1-2H3. The van der Waals surface area contributed by atoms with Crippen molar-refractivity contribution in [3.05, 3.63) is 35.1 Å². The molecule has 0 aliphatic carbocycles. The van der Waals surface area contributed by atoms with Crippen LogP contribution in [0.5, 0.6) is 0 Å². The molecule has 2 rings (SSSR count). The van der Waals surface area contributed by atoms with Gasteiger partial charge in [0.25, 0.3) is 0 Å². The molecule has 4 heteroatoms. The zero-order valence-corrected chi connectivity index (χ0v) is 10.9. The zero-order valence-electron chi connectivity index (χ0n) is 10.9. The summed E-state index contributed by atoms with van der Waals surface area (Å²) in [7, 11) is 2.07. The summed E-state index contributed by atoms with van der Waals surface area (Å²) in [4.78, 5) is 4.35. The average Bonchev–Trinajstić information content (AvgIpc) is 2.37. The molecule has 1 heterocycles. The number of hydrogen-bond donors (Lipinski definition) is 0. The first-order valence-electron chi connectivity index (χ1n) is 6.20. The summed E-state index contributed by atoms with van der Waals surface area (Å²) in [5.74, 6) is -0.234. The van der Waals surface area contributed by atoms with Crippen LogP contribution in [0.2, 0.25) is 0 Å². The fraction of sp³-hybridized carbons (Fsp3) is 0.500. The summed E-state index contributed by atoms with van der Waals surface area (Å²) in [5, 5.41) is 9.33. The van der Waals surface area contributed by atoms with Crippen LogP contribution in [-0.4, -0.2) is 43.0 Å². The van der Waals surface area contributed by atoms with Crippen LogP contribution in [0.1, 0.15) is 17.2 Å². The van der Waals surface area contributed by atoms with E-state index in [1.807, 2.05) is 6.07 Å². The van der Waals surface area contributed by atoms with Gasteiger partial charge in [0.1, 0.15) is 11.9 Å². The highest BCUT2D eigenvalue weighted by atomic mass is 19.1. The van der Waals surface area contributed by atoms with Gasteiger partial charge >= 0.3 is 0 Å². The van der Waals surface area contributed by atoms with E-state index in [1.165, 1.54) is 6.07 Å². The highest BCUT2D eigenvalue weighted by Crippen LogP contribution is 2.23. The van der Waals surface area contributed by atoms with Crippen LogP contribution >= 0.6 is 0 Å². The third-order valence-corrected chi connectivity index (χ3v) is 3.54. The Balaban J connectivity index is 2.18. The number of hydrogen-bond acceptors (Lipinski definition) is 3. The Morgan fingerprint density at radius 1 is 1.28 bits per heavy atom. The van der Waals surface area contributed by atoms with Gasteiger partial charge in [-0.3, -0.25) is 4.90 Å². The van der Waals surface area contributed by atoms with Crippen molar-refractivity contribution in [2.45, 2.75) is 13.0 Å². The third kappa shape index (κ3) is 2.69. The molecule has 1 aliphatic heterocycles. The van der Waals surface area contributed by atoms with Gasteiger partial charge in [-0.05, 0) is 31.2 Å². The molecule has 0 bridgehead atoms.